The Morgan fingerprint density at radius 2 is 2.12 bits per heavy atom. The number of benzene rings is 1. The zero-order chi connectivity index (χ0) is 18.3. The van der Waals surface area contributed by atoms with Crippen molar-refractivity contribution in [3.8, 4) is 0 Å². The molecule has 6 heteroatoms. The molecule has 1 aliphatic carbocycles. The van der Waals surface area contributed by atoms with Gasteiger partial charge in [0.1, 0.15) is 4.83 Å². The first-order chi connectivity index (χ1) is 12.5. The number of carbonyl (C=O) groups excluding carboxylic acids is 1. The van der Waals surface area contributed by atoms with Crippen LogP contribution in [-0.2, 0) is 12.8 Å². The summed E-state index contributed by atoms with van der Waals surface area (Å²) in [6.07, 6.45) is 3.11. The van der Waals surface area contributed by atoms with Crippen LogP contribution in [0, 0.1) is 12.8 Å². The van der Waals surface area contributed by atoms with Gasteiger partial charge in [0.15, 0.2) is 10.9 Å². The second-order valence-corrected chi connectivity index (χ2v) is 9.03. The number of hydrogen-bond donors (Lipinski definition) is 1. The number of nitrogens with zero attached hydrogens (tertiary/aromatic N) is 1. The van der Waals surface area contributed by atoms with E-state index in [0.717, 1.165) is 35.0 Å². The topological polar surface area (TPSA) is 62.8 Å². The van der Waals surface area contributed by atoms with E-state index in [4.69, 9.17) is 0 Å². The number of aromatic nitrogens is 2. The molecule has 1 atom stereocenters. The number of H-pyrrole nitrogens is 1. The first-order valence-electron chi connectivity index (χ1n) is 8.78. The lowest BCUT2D eigenvalue weighted by atomic mass is 9.89. The molecule has 0 bridgehead atoms. The van der Waals surface area contributed by atoms with Crippen LogP contribution in [0.5, 0.6) is 0 Å². The summed E-state index contributed by atoms with van der Waals surface area (Å²) in [6.45, 7) is 4.25. The molecule has 2 heterocycles. The number of Topliss-reactive ketones (excluding diaryl/α,β-unsaturated/α-hetero) is 1. The van der Waals surface area contributed by atoms with Crippen LogP contribution in [0.15, 0.2) is 34.2 Å². The molecule has 3 aromatic rings. The maximum absolute atomic E-state index is 12.6. The van der Waals surface area contributed by atoms with Gasteiger partial charge >= 0.3 is 0 Å². The van der Waals surface area contributed by atoms with E-state index in [-0.39, 0.29) is 17.1 Å². The third-order valence-electron chi connectivity index (χ3n) is 4.86. The molecule has 26 heavy (non-hydrogen) atoms. The van der Waals surface area contributed by atoms with Crippen LogP contribution in [0.3, 0.4) is 0 Å². The van der Waals surface area contributed by atoms with Gasteiger partial charge in [0.05, 0.1) is 11.1 Å². The van der Waals surface area contributed by atoms with Gasteiger partial charge in [-0.3, -0.25) is 9.59 Å². The monoisotopic (exact) mass is 384 g/mol. The Kier molecular flexibility index (Phi) is 4.71. The molecule has 1 N–H and O–H groups in total. The Bertz CT molecular complexity index is 1030. The van der Waals surface area contributed by atoms with Gasteiger partial charge in [-0.25, -0.2) is 4.98 Å². The van der Waals surface area contributed by atoms with Crippen molar-refractivity contribution in [3.63, 3.8) is 0 Å². The highest BCUT2D eigenvalue weighted by Gasteiger charge is 2.23. The molecule has 0 saturated carbocycles. The maximum Gasteiger partial charge on any atom is 0.260 e. The first kappa shape index (κ1) is 17.5. The van der Waals surface area contributed by atoms with Gasteiger partial charge in [-0.05, 0) is 37.7 Å². The Hall–Kier alpha value is -1.92. The molecule has 4 nitrogen and oxygen atoms in total. The normalized spacial score (nSPS) is 16.6. The molecule has 1 aromatic carbocycles. The van der Waals surface area contributed by atoms with E-state index >= 15 is 0 Å². The van der Waals surface area contributed by atoms with Crippen molar-refractivity contribution in [1.82, 2.24) is 9.97 Å². The molecular formula is C20H20N2O2S2. The first-order valence-corrected chi connectivity index (χ1v) is 10.6. The van der Waals surface area contributed by atoms with Gasteiger partial charge < -0.3 is 4.98 Å². The van der Waals surface area contributed by atoms with Crippen LogP contribution in [0.4, 0.5) is 0 Å². The number of rotatable bonds is 4. The Morgan fingerprint density at radius 3 is 2.88 bits per heavy atom. The summed E-state index contributed by atoms with van der Waals surface area (Å²) < 4.78 is 0. The van der Waals surface area contributed by atoms with Gasteiger partial charge in [-0.1, -0.05) is 48.5 Å². The number of hydrogen-bond acceptors (Lipinski definition) is 5. The lowest BCUT2D eigenvalue weighted by Gasteiger charge is -2.17. The number of aryl methyl sites for hydroxylation is 2. The van der Waals surface area contributed by atoms with Gasteiger partial charge in [0.2, 0.25) is 0 Å². The second-order valence-electron chi connectivity index (χ2n) is 6.98. The lowest BCUT2D eigenvalue weighted by Crippen LogP contribution is -2.13. The summed E-state index contributed by atoms with van der Waals surface area (Å²) in [5.41, 5.74) is 2.92. The number of fused-ring (bicyclic) bond motifs is 3. The summed E-state index contributed by atoms with van der Waals surface area (Å²) in [5, 5.41) is 1.28. The van der Waals surface area contributed by atoms with Crippen LogP contribution in [-0.4, -0.2) is 21.5 Å². The summed E-state index contributed by atoms with van der Waals surface area (Å²) in [4.78, 5) is 34.5. The predicted octanol–water partition coefficient (Wildman–Crippen LogP) is 4.39. The van der Waals surface area contributed by atoms with Crippen LogP contribution in [0.2, 0.25) is 0 Å². The molecule has 0 unspecified atom stereocenters. The summed E-state index contributed by atoms with van der Waals surface area (Å²) >= 11 is 2.93. The fraction of sp³-hybridized carbons (Fsp3) is 0.350. The fourth-order valence-electron chi connectivity index (χ4n) is 3.35. The highest BCUT2D eigenvalue weighted by molar-refractivity contribution is 7.99. The maximum atomic E-state index is 12.6. The largest absolute Gasteiger partial charge is 0.301 e. The molecular weight excluding hydrogens is 364 g/mol. The molecule has 0 saturated heterocycles. The average molecular weight is 385 g/mol. The van der Waals surface area contributed by atoms with E-state index in [9.17, 15) is 9.59 Å². The van der Waals surface area contributed by atoms with Crippen LogP contribution in [0.1, 0.15) is 39.7 Å². The molecule has 0 fully saturated rings. The quantitative estimate of drug-likeness (QED) is 0.412. The van der Waals surface area contributed by atoms with E-state index < -0.39 is 0 Å². The number of aromatic amines is 1. The van der Waals surface area contributed by atoms with Gasteiger partial charge in [0, 0.05) is 10.4 Å². The second kappa shape index (κ2) is 7.00. The average Bonchev–Trinajstić information content (AvgIpc) is 2.98. The minimum absolute atomic E-state index is 0.0389. The minimum atomic E-state index is -0.0765. The number of nitrogens with one attached hydrogen (secondary N) is 1. The van der Waals surface area contributed by atoms with Gasteiger partial charge in [-0.2, -0.15) is 0 Å². The minimum Gasteiger partial charge on any atom is -0.301 e. The van der Waals surface area contributed by atoms with E-state index in [1.54, 1.807) is 11.3 Å². The Morgan fingerprint density at radius 1 is 1.35 bits per heavy atom. The number of ketones is 1. The van der Waals surface area contributed by atoms with Gasteiger partial charge in [-0.15, -0.1) is 11.3 Å². The van der Waals surface area contributed by atoms with Crippen LogP contribution < -0.4 is 5.56 Å². The molecule has 0 aliphatic heterocycles. The summed E-state index contributed by atoms with van der Waals surface area (Å²) in [7, 11) is 0. The van der Waals surface area contributed by atoms with Gasteiger partial charge in [0.25, 0.3) is 5.56 Å². The third kappa shape index (κ3) is 3.35. The zero-order valence-corrected chi connectivity index (χ0v) is 16.4. The highest BCUT2D eigenvalue weighted by atomic mass is 32.2. The third-order valence-corrected chi connectivity index (χ3v) is 6.88. The molecule has 0 spiro atoms. The summed E-state index contributed by atoms with van der Waals surface area (Å²) in [5.74, 6) is 0.965. The van der Waals surface area contributed by atoms with Crippen molar-refractivity contribution in [2.45, 2.75) is 38.3 Å². The Balaban J connectivity index is 1.57. The van der Waals surface area contributed by atoms with E-state index in [2.05, 4.69) is 16.9 Å². The highest BCUT2D eigenvalue weighted by Crippen LogP contribution is 2.36. The number of thioether (sulfide) groups is 1. The van der Waals surface area contributed by atoms with E-state index in [0.29, 0.717) is 16.6 Å². The molecule has 134 valence electrons. The SMILES string of the molecule is Cc1ccc(C(=O)CSc2nc3sc4c(c3c(=O)[nH]2)CC[C@H](C)C4)cc1. The summed E-state index contributed by atoms with van der Waals surface area (Å²) in [6, 6.07) is 7.54. The molecule has 1 aliphatic rings. The fourth-order valence-corrected chi connectivity index (χ4v) is 5.55. The van der Waals surface area contributed by atoms with E-state index in [1.165, 1.54) is 22.2 Å². The van der Waals surface area contributed by atoms with Crippen molar-refractivity contribution >= 4 is 39.1 Å². The standard InChI is InChI=1S/C20H20N2O2S2/c1-11-3-6-13(7-4-11)15(23)10-25-20-21-18(24)17-14-8-5-12(2)9-16(14)26-19(17)22-20/h3-4,6-7,12H,5,8-10H2,1-2H3,(H,21,22,24)/t12-/m0/s1. The molecule has 0 radical (unpaired) electrons. The smallest absolute Gasteiger partial charge is 0.260 e. The van der Waals surface area contributed by atoms with Crippen molar-refractivity contribution in [2.24, 2.45) is 5.92 Å². The number of carbonyl (C=O) groups is 1. The molecule has 0 amide bonds. The van der Waals surface area contributed by atoms with E-state index in [1.807, 2.05) is 31.2 Å². The zero-order valence-electron chi connectivity index (χ0n) is 14.8. The van der Waals surface area contributed by atoms with Crippen LogP contribution in [0.25, 0.3) is 10.2 Å². The van der Waals surface area contributed by atoms with Crippen molar-refractivity contribution < 1.29 is 4.79 Å². The Labute approximate surface area is 160 Å². The van der Waals surface area contributed by atoms with Crippen molar-refractivity contribution in [2.75, 3.05) is 5.75 Å². The van der Waals surface area contributed by atoms with Crippen molar-refractivity contribution in [3.05, 3.63) is 56.2 Å². The van der Waals surface area contributed by atoms with Crippen LogP contribution >= 0.6 is 23.1 Å². The molecule has 2 aromatic heterocycles. The molecule has 4 rings (SSSR count). The number of thiophene rings is 1. The predicted molar refractivity (Wildman–Crippen MR) is 108 cm³/mol. The lowest BCUT2D eigenvalue weighted by molar-refractivity contribution is 0.102. The van der Waals surface area contributed by atoms with Crippen molar-refractivity contribution in [1.29, 1.82) is 0 Å².